The molecular formula is C25H34N4O5. The maximum atomic E-state index is 13.1. The van der Waals surface area contributed by atoms with Crippen LogP contribution >= 0.6 is 0 Å². The maximum Gasteiger partial charge on any atom is 0.340 e. The van der Waals surface area contributed by atoms with Crippen molar-refractivity contribution in [3.63, 3.8) is 0 Å². The summed E-state index contributed by atoms with van der Waals surface area (Å²) < 4.78 is 10.1. The van der Waals surface area contributed by atoms with Crippen molar-refractivity contribution in [2.75, 3.05) is 58.4 Å². The van der Waals surface area contributed by atoms with Crippen LogP contribution in [0.4, 0.5) is 5.69 Å². The number of hydrogen-bond acceptors (Lipinski definition) is 6. The molecule has 0 unspecified atom stereocenters. The number of benzene rings is 1. The van der Waals surface area contributed by atoms with Crippen LogP contribution < -0.4 is 5.32 Å². The lowest BCUT2D eigenvalue weighted by atomic mass is 10.1. The normalized spacial score (nSPS) is 14.2. The van der Waals surface area contributed by atoms with Gasteiger partial charge in [0.2, 0.25) is 5.91 Å². The summed E-state index contributed by atoms with van der Waals surface area (Å²) in [6, 6.07) is 5.92. The van der Waals surface area contributed by atoms with Crippen molar-refractivity contribution in [1.82, 2.24) is 14.8 Å². The van der Waals surface area contributed by atoms with Gasteiger partial charge in [0.05, 0.1) is 18.7 Å². The molecule has 1 aromatic carbocycles. The number of nitrogens with one attached hydrogen (secondary N) is 2. The molecule has 1 aliphatic heterocycles. The summed E-state index contributed by atoms with van der Waals surface area (Å²) in [4.78, 5) is 45.0. The fourth-order valence-electron chi connectivity index (χ4n) is 4.22. The van der Waals surface area contributed by atoms with E-state index in [2.05, 4.69) is 10.3 Å². The second-order valence-electron chi connectivity index (χ2n) is 8.64. The zero-order valence-corrected chi connectivity index (χ0v) is 20.6. The Kier molecular flexibility index (Phi) is 8.46. The topological polar surface area (TPSA) is 104 Å². The Bertz CT molecular complexity index is 1030. The second-order valence-corrected chi connectivity index (χ2v) is 8.64. The first kappa shape index (κ1) is 25.5. The van der Waals surface area contributed by atoms with Crippen LogP contribution in [0.15, 0.2) is 18.2 Å². The van der Waals surface area contributed by atoms with Gasteiger partial charge in [-0.2, -0.15) is 0 Å². The Morgan fingerprint density at radius 1 is 1.00 bits per heavy atom. The lowest BCUT2D eigenvalue weighted by Gasteiger charge is -2.34. The molecule has 0 aliphatic carbocycles. The number of esters is 1. The molecule has 1 aliphatic rings. The van der Waals surface area contributed by atoms with Crippen LogP contribution in [-0.2, 0) is 14.3 Å². The van der Waals surface area contributed by atoms with Gasteiger partial charge in [0.1, 0.15) is 12.3 Å². The number of ether oxygens (including phenoxy) is 2. The molecule has 1 fully saturated rings. The van der Waals surface area contributed by atoms with Crippen LogP contribution in [0.25, 0.3) is 0 Å². The molecule has 184 valence electrons. The van der Waals surface area contributed by atoms with Gasteiger partial charge in [0.25, 0.3) is 5.91 Å². The quantitative estimate of drug-likeness (QED) is 0.454. The summed E-state index contributed by atoms with van der Waals surface area (Å²) in [6.07, 6.45) is 0. The number of H-pyrrole nitrogens is 1. The summed E-state index contributed by atoms with van der Waals surface area (Å²) in [5, 5.41) is 3.01. The predicted molar refractivity (Wildman–Crippen MR) is 129 cm³/mol. The molecule has 3 rings (SSSR count). The van der Waals surface area contributed by atoms with E-state index in [1.807, 2.05) is 36.9 Å². The van der Waals surface area contributed by atoms with E-state index in [9.17, 15) is 14.4 Å². The van der Waals surface area contributed by atoms with Crippen molar-refractivity contribution in [3.8, 4) is 0 Å². The highest BCUT2D eigenvalue weighted by Crippen LogP contribution is 2.22. The number of methoxy groups -OCH3 is 1. The number of hydrogen-bond donors (Lipinski definition) is 2. The Hall–Kier alpha value is -3.17. The van der Waals surface area contributed by atoms with E-state index in [1.54, 1.807) is 18.7 Å². The van der Waals surface area contributed by atoms with E-state index in [-0.39, 0.29) is 25.0 Å². The molecule has 2 heterocycles. The summed E-state index contributed by atoms with van der Waals surface area (Å²) in [5.74, 6) is -0.692. The van der Waals surface area contributed by atoms with Crippen LogP contribution in [0.3, 0.4) is 0 Å². The van der Waals surface area contributed by atoms with Gasteiger partial charge in [-0.15, -0.1) is 0 Å². The van der Waals surface area contributed by atoms with Crippen LogP contribution in [0.1, 0.15) is 43.2 Å². The van der Waals surface area contributed by atoms with Gasteiger partial charge in [-0.05, 0) is 44.4 Å². The third-order valence-electron chi connectivity index (χ3n) is 6.15. The second kappa shape index (κ2) is 11.3. The first-order valence-electron chi connectivity index (χ1n) is 11.5. The van der Waals surface area contributed by atoms with Gasteiger partial charge in [-0.1, -0.05) is 18.2 Å². The maximum absolute atomic E-state index is 13.1. The van der Waals surface area contributed by atoms with Crippen molar-refractivity contribution in [2.24, 2.45) is 0 Å². The zero-order valence-electron chi connectivity index (χ0n) is 20.6. The fraction of sp³-hybridized carbons (Fsp3) is 0.480. The lowest BCUT2D eigenvalue weighted by Crippen LogP contribution is -2.50. The number of anilines is 1. The minimum Gasteiger partial charge on any atom is -0.460 e. The largest absolute Gasteiger partial charge is 0.460 e. The molecule has 1 saturated heterocycles. The van der Waals surface area contributed by atoms with Crippen molar-refractivity contribution in [1.29, 1.82) is 0 Å². The minimum absolute atomic E-state index is 0.0651. The third kappa shape index (κ3) is 5.84. The SMILES string of the molecule is COCCOC(=O)c1c(C)[nH]c(C(=O)N2CCN(CC(=O)Nc3c(C)cccc3C)CC2)c1C. The number of amides is 2. The Labute approximate surface area is 200 Å². The Morgan fingerprint density at radius 3 is 2.26 bits per heavy atom. The molecule has 0 radical (unpaired) electrons. The van der Waals surface area contributed by atoms with Crippen molar-refractivity contribution in [3.05, 3.63) is 51.8 Å². The molecule has 9 nitrogen and oxygen atoms in total. The average Bonchev–Trinajstić information content (AvgIpc) is 3.10. The molecule has 2 amide bonds. The monoisotopic (exact) mass is 470 g/mol. The van der Waals surface area contributed by atoms with Crippen LogP contribution in [0, 0.1) is 27.7 Å². The van der Waals surface area contributed by atoms with Crippen LogP contribution in [0.2, 0.25) is 0 Å². The van der Waals surface area contributed by atoms with Crippen molar-refractivity contribution < 1.29 is 23.9 Å². The van der Waals surface area contributed by atoms with Gasteiger partial charge < -0.3 is 24.7 Å². The van der Waals surface area contributed by atoms with Gasteiger partial charge in [-0.25, -0.2) is 4.79 Å². The molecular weight excluding hydrogens is 436 g/mol. The number of piperazine rings is 1. The number of carbonyl (C=O) groups excluding carboxylic acids is 3. The number of aromatic amines is 1. The summed E-state index contributed by atoms with van der Waals surface area (Å²) in [7, 11) is 1.54. The van der Waals surface area contributed by atoms with Gasteiger partial charge >= 0.3 is 5.97 Å². The molecule has 0 saturated carbocycles. The molecule has 0 bridgehead atoms. The van der Waals surface area contributed by atoms with E-state index >= 15 is 0 Å². The highest BCUT2D eigenvalue weighted by atomic mass is 16.6. The molecule has 0 atom stereocenters. The summed E-state index contributed by atoms with van der Waals surface area (Å²) in [6.45, 7) is 10.4. The highest BCUT2D eigenvalue weighted by molar-refractivity contribution is 6.00. The molecule has 2 aromatic rings. The smallest absolute Gasteiger partial charge is 0.340 e. The third-order valence-corrected chi connectivity index (χ3v) is 6.15. The van der Waals surface area contributed by atoms with Crippen LogP contribution in [-0.4, -0.2) is 85.6 Å². The molecule has 9 heteroatoms. The number of aromatic nitrogens is 1. The number of aryl methyl sites for hydroxylation is 3. The first-order chi connectivity index (χ1) is 16.2. The van der Waals surface area contributed by atoms with E-state index in [0.717, 1.165) is 16.8 Å². The first-order valence-corrected chi connectivity index (χ1v) is 11.5. The van der Waals surface area contributed by atoms with E-state index in [0.29, 0.717) is 55.3 Å². The molecule has 0 spiro atoms. The van der Waals surface area contributed by atoms with Crippen molar-refractivity contribution >= 4 is 23.5 Å². The number of para-hydroxylation sites is 1. The molecule has 34 heavy (non-hydrogen) atoms. The highest BCUT2D eigenvalue weighted by Gasteiger charge is 2.28. The van der Waals surface area contributed by atoms with Gasteiger partial charge in [0.15, 0.2) is 0 Å². The van der Waals surface area contributed by atoms with E-state index in [4.69, 9.17) is 9.47 Å². The minimum atomic E-state index is -0.470. The Morgan fingerprint density at radius 2 is 1.65 bits per heavy atom. The number of carbonyl (C=O) groups is 3. The van der Waals surface area contributed by atoms with Gasteiger partial charge in [0, 0.05) is 44.7 Å². The standard InChI is InChI=1S/C25H34N4O5/c1-16-7-6-8-17(2)22(16)27-20(30)15-28-9-11-29(12-10-28)24(31)23-18(3)21(19(4)26-23)25(32)34-14-13-33-5/h6-8,26H,9-15H2,1-5H3,(H,27,30). The summed E-state index contributed by atoms with van der Waals surface area (Å²) >= 11 is 0. The molecule has 2 N–H and O–H groups in total. The number of rotatable bonds is 8. The zero-order chi connectivity index (χ0) is 24.8. The molecule has 1 aromatic heterocycles. The number of nitrogens with zero attached hydrogens (tertiary/aromatic N) is 2. The van der Waals surface area contributed by atoms with Gasteiger partial charge in [-0.3, -0.25) is 14.5 Å². The summed E-state index contributed by atoms with van der Waals surface area (Å²) in [5.41, 5.74) is 4.89. The van der Waals surface area contributed by atoms with Crippen LogP contribution in [0.5, 0.6) is 0 Å². The Balaban J connectivity index is 1.56. The average molecular weight is 471 g/mol. The van der Waals surface area contributed by atoms with E-state index in [1.165, 1.54) is 7.11 Å². The van der Waals surface area contributed by atoms with E-state index < -0.39 is 5.97 Å². The predicted octanol–water partition coefficient (Wildman–Crippen LogP) is 2.45. The van der Waals surface area contributed by atoms with Crippen molar-refractivity contribution in [2.45, 2.75) is 27.7 Å². The fourth-order valence-corrected chi connectivity index (χ4v) is 4.22. The lowest BCUT2D eigenvalue weighted by molar-refractivity contribution is -0.117.